The van der Waals surface area contributed by atoms with E-state index in [1.807, 2.05) is 36.4 Å². The number of carbonyl (C=O) groups excluding carboxylic acids is 2. The second-order valence-corrected chi connectivity index (χ2v) is 17.4. The van der Waals surface area contributed by atoms with E-state index >= 15 is 0 Å². The first-order chi connectivity index (χ1) is 27.5. The van der Waals surface area contributed by atoms with E-state index in [1.54, 1.807) is 12.1 Å². The molecule has 0 atom stereocenters. The molecule has 0 aliphatic carbocycles. The van der Waals surface area contributed by atoms with E-state index in [0.717, 1.165) is 44.3 Å². The summed E-state index contributed by atoms with van der Waals surface area (Å²) in [5.74, 6) is -0.546. The predicted molar refractivity (Wildman–Crippen MR) is 236 cm³/mol. The highest BCUT2D eigenvalue weighted by Crippen LogP contribution is 2.47. The number of ether oxygens (including phenoxy) is 2. The molecular weight excluding hydrogens is 726 g/mol. The molecule has 8 aromatic rings. The summed E-state index contributed by atoms with van der Waals surface area (Å²) in [6.45, 7) is 7.36. The maximum Gasteiger partial charge on any atom is 0.335 e. The molecule has 8 rings (SSSR count). The smallest absolute Gasteiger partial charge is 0.335 e. The first kappa shape index (κ1) is 36.5. The monoisotopic (exact) mass is 762 g/mol. The third-order valence-electron chi connectivity index (χ3n) is 9.51. The normalized spacial score (nSPS) is 11.1. The van der Waals surface area contributed by atoms with Crippen molar-refractivity contribution in [2.45, 2.75) is 0 Å². The number of esters is 2. The van der Waals surface area contributed by atoms with Crippen LogP contribution in [0, 0.1) is 0 Å². The number of carbonyl (C=O) groups is 2. The molecule has 6 heteroatoms. The van der Waals surface area contributed by atoms with Gasteiger partial charge in [-0.05, 0) is 93.5 Å². The minimum Gasteiger partial charge on any atom is -0.423 e. The molecule has 0 fully saturated rings. The fraction of sp³-hybridized carbons (Fsp3) is 0. The van der Waals surface area contributed by atoms with Gasteiger partial charge >= 0.3 is 11.9 Å². The van der Waals surface area contributed by atoms with Gasteiger partial charge in [0.25, 0.3) is 0 Å². The van der Waals surface area contributed by atoms with Crippen LogP contribution in [0.25, 0.3) is 32.7 Å². The van der Waals surface area contributed by atoms with Crippen molar-refractivity contribution in [3.63, 3.8) is 0 Å². The highest BCUT2D eigenvalue weighted by Gasteiger charge is 2.25. The van der Waals surface area contributed by atoms with Crippen LogP contribution in [0.15, 0.2) is 207 Å². The summed E-state index contributed by atoms with van der Waals surface area (Å²) < 4.78 is 12.1. The van der Waals surface area contributed by atoms with Crippen LogP contribution in [0.1, 0.15) is 0 Å². The second kappa shape index (κ2) is 16.5. The Kier molecular flexibility index (Phi) is 10.8. The first-order valence-corrected chi connectivity index (χ1v) is 20.8. The van der Waals surface area contributed by atoms with Gasteiger partial charge in [-0.15, -0.1) is 0 Å². The van der Waals surface area contributed by atoms with Gasteiger partial charge in [-0.3, -0.25) is 0 Å². The molecule has 0 aliphatic rings. The van der Waals surface area contributed by atoms with Crippen LogP contribution >= 0.6 is 15.8 Å². The molecule has 56 heavy (non-hydrogen) atoms. The van der Waals surface area contributed by atoms with Gasteiger partial charge < -0.3 is 9.47 Å². The minimum absolute atomic E-state index is 0.325. The van der Waals surface area contributed by atoms with E-state index < -0.39 is 27.8 Å². The lowest BCUT2D eigenvalue weighted by Gasteiger charge is -2.23. The number of hydrogen-bond donors (Lipinski definition) is 0. The van der Waals surface area contributed by atoms with Crippen LogP contribution in [-0.4, -0.2) is 11.9 Å². The Hall–Kier alpha value is -6.44. The highest BCUT2D eigenvalue weighted by atomic mass is 31.1. The quantitative estimate of drug-likeness (QED) is 0.0571. The molecule has 0 saturated carbocycles. The van der Waals surface area contributed by atoms with Crippen molar-refractivity contribution in [1.82, 2.24) is 0 Å². The van der Waals surface area contributed by atoms with Gasteiger partial charge in [-0.25, -0.2) is 9.59 Å². The SMILES string of the molecule is C=CC(=O)Oc1ccc2ccc(P(c3ccccc3)c3ccccc3)cc2c1-c1c(OC(=O)C=C)ccc2ccc(P(c3ccccc3)c3ccccc3)cc12. The van der Waals surface area contributed by atoms with Gasteiger partial charge in [0, 0.05) is 23.3 Å². The largest absolute Gasteiger partial charge is 0.423 e. The van der Waals surface area contributed by atoms with Crippen molar-refractivity contribution in [1.29, 1.82) is 0 Å². The minimum atomic E-state index is -0.974. The van der Waals surface area contributed by atoms with Crippen molar-refractivity contribution in [3.8, 4) is 22.6 Å². The Morgan fingerprint density at radius 2 is 0.696 bits per heavy atom. The van der Waals surface area contributed by atoms with Crippen LogP contribution in [0.5, 0.6) is 11.5 Å². The standard InChI is InChI=1S/C50H36O4P2/c1-3-47(51)53-45-31-27-35-25-29-41(55(37-17-9-5-10-18-37)38-19-11-6-12-20-38)33-43(35)49(45)50-44-34-42(30-26-36(44)28-32-46(50)54-48(52)4-2)56(39-21-13-7-14-22-39)40-23-15-8-16-24-40/h3-34H,1-2H2. The van der Waals surface area contributed by atoms with E-state index in [9.17, 15) is 9.59 Å². The lowest BCUT2D eigenvalue weighted by atomic mass is 9.92. The summed E-state index contributed by atoms with van der Waals surface area (Å²) in [6.07, 6.45) is 2.31. The molecule has 8 aromatic carbocycles. The first-order valence-electron chi connectivity index (χ1n) is 18.2. The summed E-state index contributed by atoms with van der Waals surface area (Å²) in [5.41, 5.74) is 1.27. The Labute approximate surface area is 328 Å². The molecule has 0 bridgehead atoms. The molecule has 0 unspecified atom stereocenters. The van der Waals surface area contributed by atoms with Gasteiger partial charge in [0.1, 0.15) is 11.5 Å². The molecular formula is C50H36O4P2. The third-order valence-corrected chi connectivity index (χ3v) is 14.4. The molecule has 4 nitrogen and oxygen atoms in total. The molecule has 0 radical (unpaired) electrons. The zero-order valence-electron chi connectivity index (χ0n) is 30.4. The molecule has 0 aromatic heterocycles. The average molecular weight is 763 g/mol. The number of fused-ring (bicyclic) bond motifs is 2. The molecule has 270 valence electrons. The number of benzene rings is 8. The molecule has 0 aliphatic heterocycles. The summed E-state index contributed by atoms with van der Waals surface area (Å²) in [4.78, 5) is 26.1. The molecule has 0 spiro atoms. The molecule has 0 N–H and O–H groups in total. The Bertz CT molecular complexity index is 2450. The second-order valence-electron chi connectivity index (χ2n) is 13.0. The molecule has 0 saturated heterocycles. The van der Waals surface area contributed by atoms with Gasteiger partial charge in [0.05, 0.1) is 0 Å². The van der Waals surface area contributed by atoms with Crippen molar-refractivity contribution in [2.75, 3.05) is 0 Å². The van der Waals surface area contributed by atoms with Gasteiger partial charge in [-0.2, -0.15) is 0 Å². The van der Waals surface area contributed by atoms with E-state index in [0.29, 0.717) is 22.6 Å². The van der Waals surface area contributed by atoms with Crippen LogP contribution in [0.4, 0.5) is 0 Å². The fourth-order valence-corrected chi connectivity index (χ4v) is 11.7. The summed E-state index contributed by atoms with van der Waals surface area (Å²) >= 11 is 0. The fourth-order valence-electron chi connectivity index (χ4n) is 7.04. The predicted octanol–water partition coefficient (Wildman–Crippen LogP) is 9.36. The third kappa shape index (κ3) is 7.46. The van der Waals surface area contributed by atoms with Crippen molar-refractivity contribution in [2.24, 2.45) is 0 Å². The zero-order valence-corrected chi connectivity index (χ0v) is 32.2. The van der Waals surface area contributed by atoms with Crippen LogP contribution in [-0.2, 0) is 9.59 Å². The maximum absolute atomic E-state index is 13.0. The highest BCUT2D eigenvalue weighted by molar-refractivity contribution is 7.80. The Morgan fingerprint density at radius 1 is 0.393 bits per heavy atom. The van der Waals surface area contributed by atoms with Crippen LogP contribution < -0.4 is 41.3 Å². The maximum atomic E-state index is 13.0. The van der Waals surface area contributed by atoms with E-state index in [-0.39, 0.29) is 0 Å². The van der Waals surface area contributed by atoms with Crippen LogP contribution in [0.3, 0.4) is 0 Å². The van der Waals surface area contributed by atoms with Crippen molar-refractivity contribution in [3.05, 3.63) is 207 Å². The van der Waals surface area contributed by atoms with E-state index in [2.05, 4.69) is 147 Å². The zero-order chi connectivity index (χ0) is 38.4. The van der Waals surface area contributed by atoms with Crippen molar-refractivity contribution >= 4 is 81.2 Å². The summed E-state index contributed by atoms with van der Waals surface area (Å²) in [5, 5.41) is 10.6. The lowest BCUT2D eigenvalue weighted by molar-refractivity contribution is -0.129. The topological polar surface area (TPSA) is 52.6 Å². The molecule has 0 heterocycles. The molecule has 0 amide bonds. The van der Waals surface area contributed by atoms with Gasteiger partial charge in [-0.1, -0.05) is 171 Å². The number of hydrogen-bond acceptors (Lipinski definition) is 4. The number of rotatable bonds is 11. The summed E-state index contributed by atoms with van der Waals surface area (Å²) in [6, 6.07) is 62.5. The van der Waals surface area contributed by atoms with Crippen LogP contribution in [0.2, 0.25) is 0 Å². The van der Waals surface area contributed by atoms with Gasteiger partial charge in [0.15, 0.2) is 0 Å². The lowest BCUT2D eigenvalue weighted by Crippen LogP contribution is -2.20. The van der Waals surface area contributed by atoms with E-state index in [1.165, 1.54) is 21.2 Å². The Morgan fingerprint density at radius 3 is 1.00 bits per heavy atom. The summed E-state index contributed by atoms with van der Waals surface area (Å²) in [7, 11) is -1.95. The van der Waals surface area contributed by atoms with Gasteiger partial charge in [0.2, 0.25) is 0 Å². The van der Waals surface area contributed by atoms with Crippen molar-refractivity contribution < 1.29 is 19.1 Å². The van der Waals surface area contributed by atoms with E-state index in [4.69, 9.17) is 9.47 Å². The Balaban J connectivity index is 1.45. The average Bonchev–Trinajstić information content (AvgIpc) is 3.25.